The minimum atomic E-state index is -4.19. The molecule has 0 aliphatic heterocycles. The number of rotatable bonds is 6. The molecule has 0 saturated heterocycles. The maximum atomic E-state index is 13.6. The number of esters is 1. The van der Waals surface area contributed by atoms with Gasteiger partial charge < -0.3 is 4.74 Å². The molecule has 0 aliphatic carbocycles. The van der Waals surface area contributed by atoms with Crippen LogP contribution in [0, 0.1) is 11.6 Å². The summed E-state index contributed by atoms with van der Waals surface area (Å²) in [5.74, 6) is -2.53. The number of hydrogen-bond acceptors (Lipinski definition) is 4. The third-order valence-electron chi connectivity index (χ3n) is 3.04. The van der Waals surface area contributed by atoms with Crippen LogP contribution < -0.4 is 4.72 Å². The highest BCUT2D eigenvalue weighted by Crippen LogP contribution is 2.20. The van der Waals surface area contributed by atoms with Gasteiger partial charge in [0.15, 0.2) is 0 Å². The summed E-state index contributed by atoms with van der Waals surface area (Å²) >= 11 is 0. The minimum absolute atomic E-state index is 0.192. The number of halogens is 2. The standard InChI is InChI=1S/C17H15F2NO4S/c1-2-24-17(21)10-5-12-3-7-14(8-4-12)20-25(22,23)16-9-6-13(18)11-15(16)19/h3-11,20H,2H2,1H3/b10-5+. The van der Waals surface area contributed by atoms with Gasteiger partial charge in [0.05, 0.1) is 6.61 Å². The number of hydrogen-bond donors (Lipinski definition) is 1. The Morgan fingerprint density at radius 1 is 1.16 bits per heavy atom. The van der Waals surface area contributed by atoms with Crippen LogP contribution in [0.15, 0.2) is 53.4 Å². The van der Waals surface area contributed by atoms with Gasteiger partial charge in [0, 0.05) is 17.8 Å². The van der Waals surface area contributed by atoms with E-state index in [9.17, 15) is 22.0 Å². The summed E-state index contributed by atoms with van der Waals surface area (Å²) in [6.45, 7) is 1.96. The largest absolute Gasteiger partial charge is 0.463 e. The average molecular weight is 367 g/mol. The average Bonchev–Trinajstić information content (AvgIpc) is 2.54. The summed E-state index contributed by atoms with van der Waals surface area (Å²) in [7, 11) is -4.19. The van der Waals surface area contributed by atoms with Gasteiger partial charge in [-0.2, -0.15) is 0 Å². The molecule has 2 aromatic rings. The van der Waals surface area contributed by atoms with Gasteiger partial charge in [-0.25, -0.2) is 22.0 Å². The van der Waals surface area contributed by atoms with Crippen LogP contribution in [0.25, 0.3) is 6.08 Å². The van der Waals surface area contributed by atoms with Crippen LogP contribution in [0.1, 0.15) is 12.5 Å². The van der Waals surface area contributed by atoms with Gasteiger partial charge >= 0.3 is 5.97 Å². The molecule has 0 bridgehead atoms. The third-order valence-corrected chi connectivity index (χ3v) is 4.46. The van der Waals surface area contributed by atoms with Gasteiger partial charge in [0.25, 0.3) is 10.0 Å². The molecule has 1 N–H and O–H groups in total. The van der Waals surface area contributed by atoms with E-state index in [1.54, 1.807) is 19.1 Å². The highest BCUT2D eigenvalue weighted by atomic mass is 32.2. The van der Waals surface area contributed by atoms with Gasteiger partial charge in [-0.15, -0.1) is 0 Å². The summed E-state index contributed by atoms with van der Waals surface area (Å²) in [6, 6.07) is 8.24. The molecule has 0 heterocycles. The first kappa shape index (κ1) is 18.6. The Hall–Kier alpha value is -2.74. The van der Waals surface area contributed by atoms with Gasteiger partial charge in [-0.1, -0.05) is 12.1 Å². The number of nitrogens with one attached hydrogen (secondary N) is 1. The predicted octanol–water partition coefficient (Wildman–Crippen LogP) is 3.34. The SMILES string of the molecule is CCOC(=O)/C=C/c1ccc(NS(=O)(=O)c2ccc(F)cc2F)cc1. The Kier molecular flexibility index (Phi) is 5.87. The topological polar surface area (TPSA) is 72.5 Å². The normalized spacial score (nSPS) is 11.5. The Balaban J connectivity index is 2.13. The molecule has 132 valence electrons. The van der Waals surface area contributed by atoms with Crippen LogP contribution in [0.2, 0.25) is 0 Å². The molecule has 5 nitrogen and oxygen atoms in total. The lowest BCUT2D eigenvalue weighted by atomic mass is 10.2. The van der Waals surface area contributed by atoms with Crippen molar-refractivity contribution in [3.05, 3.63) is 65.7 Å². The number of carbonyl (C=O) groups is 1. The van der Waals surface area contributed by atoms with E-state index in [1.165, 1.54) is 24.3 Å². The van der Waals surface area contributed by atoms with Crippen molar-refractivity contribution in [1.29, 1.82) is 0 Å². The summed E-state index contributed by atoms with van der Waals surface area (Å²) < 4.78 is 57.8. The fourth-order valence-corrected chi connectivity index (χ4v) is 3.04. The second-order valence-electron chi connectivity index (χ2n) is 4.89. The minimum Gasteiger partial charge on any atom is -0.463 e. The Morgan fingerprint density at radius 2 is 1.84 bits per heavy atom. The highest BCUT2D eigenvalue weighted by Gasteiger charge is 2.19. The van der Waals surface area contributed by atoms with E-state index in [2.05, 4.69) is 4.72 Å². The highest BCUT2D eigenvalue weighted by molar-refractivity contribution is 7.92. The number of carbonyl (C=O) groups excluding carboxylic acids is 1. The Labute approximate surface area is 144 Å². The first-order valence-electron chi connectivity index (χ1n) is 7.24. The van der Waals surface area contributed by atoms with Crippen LogP contribution in [0.4, 0.5) is 14.5 Å². The number of benzene rings is 2. The molecular formula is C17H15F2NO4S. The van der Waals surface area contributed by atoms with Crippen LogP contribution in [-0.2, 0) is 19.6 Å². The van der Waals surface area contributed by atoms with E-state index in [1.807, 2.05) is 0 Å². The van der Waals surface area contributed by atoms with E-state index in [4.69, 9.17) is 4.74 Å². The quantitative estimate of drug-likeness (QED) is 0.628. The van der Waals surface area contributed by atoms with Crippen molar-refractivity contribution < 1.29 is 26.7 Å². The van der Waals surface area contributed by atoms with E-state index in [-0.39, 0.29) is 12.3 Å². The van der Waals surface area contributed by atoms with Gasteiger partial charge in [-0.3, -0.25) is 4.72 Å². The molecule has 0 saturated carbocycles. The molecule has 0 amide bonds. The summed E-state index contributed by atoms with van der Waals surface area (Å²) in [6.07, 6.45) is 2.76. The summed E-state index contributed by atoms with van der Waals surface area (Å²) in [5, 5.41) is 0. The molecule has 0 fully saturated rings. The Morgan fingerprint density at radius 3 is 2.44 bits per heavy atom. The zero-order valence-electron chi connectivity index (χ0n) is 13.2. The molecule has 2 aromatic carbocycles. The van der Waals surface area contributed by atoms with E-state index >= 15 is 0 Å². The van der Waals surface area contributed by atoms with Crippen LogP contribution in [0.3, 0.4) is 0 Å². The number of sulfonamides is 1. The molecule has 0 aliphatic rings. The van der Waals surface area contributed by atoms with E-state index in [0.29, 0.717) is 11.6 Å². The lowest BCUT2D eigenvalue weighted by molar-refractivity contribution is -0.137. The first-order chi connectivity index (χ1) is 11.8. The first-order valence-corrected chi connectivity index (χ1v) is 8.73. The van der Waals surface area contributed by atoms with Crippen LogP contribution in [0.5, 0.6) is 0 Å². The van der Waals surface area contributed by atoms with Crippen molar-refractivity contribution >= 4 is 27.8 Å². The fourth-order valence-electron chi connectivity index (χ4n) is 1.92. The monoisotopic (exact) mass is 367 g/mol. The Bertz CT molecular complexity index is 893. The van der Waals surface area contributed by atoms with Crippen molar-refractivity contribution in [3.63, 3.8) is 0 Å². The molecule has 2 rings (SSSR count). The second kappa shape index (κ2) is 7.89. The lowest BCUT2D eigenvalue weighted by Gasteiger charge is -2.09. The molecule has 0 aromatic heterocycles. The number of ether oxygens (including phenoxy) is 1. The van der Waals surface area contributed by atoms with Gasteiger partial charge in [-0.05, 0) is 42.8 Å². The van der Waals surface area contributed by atoms with Crippen LogP contribution >= 0.6 is 0 Å². The molecule has 25 heavy (non-hydrogen) atoms. The molecule has 8 heteroatoms. The van der Waals surface area contributed by atoms with Crippen molar-refractivity contribution in [2.75, 3.05) is 11.3 Å². The van der Waals surface area contributed by atoms with Gasteiger partial charge in [0.1, 0.15) is 16.5 Å². The van der Waals surface area contributed by atoms with Crippen molar-refractivity contribution in [1.82, 2.24) is 0 Å². The zero-order chi connectivity index (χ0) is 18.4. The lowest BCUT2D eigenvalue weighted by Crippen LogP contribution is -2.14. The summed E-state index contributed by atoms with van der Waals surface area (Å²) in [5.41, 5.74) is 0.834. The molecule has 0 unspecified atom stereocenters. The van der Waals surface area contributed by atoms with E-state index < -0.39 is 32.5 Å². The molecule has 0 atom stereocenters. The van der Waals surface area contributed by atoms with E-state index in [0.717, 1.165) is 12.1 Å². The zero-order valence-corrected chi connectivity index (χ0v) is 14.0. The summed E-state index contributed by atoms with van der Waals surface area (Å²) in [4.78, 5) is 10.6. The van der Waals surface area contributed by atoms with Crippen molar-refractivity contribution in [2.45, 2.75) is 11.8 Å². The third kappa shape index (κ3) is 5.12. The predicted molar refractivity (Wildman–Crippen MR) is 89.3 cm³/mol. The van der Waals surface area contributed by atoms with Crippen molar-refractivity contribution in [2.24, 2.45) is 0 Å². The maximum Gasteiger partial charge on any atom is 0.330 e. The number of anilines is 1. The smallest absolute Gasteiger partial charge is 0.330 e. The fraction of sp³-hybridized carbons (Fsp3) is 0.118. The molecule has 0 radical (unpaired) electrons. The molecule has 0 spiro atoms. The van der Waals surface area contributed by atoms with Crippen molar-refractivity contribution in [3.8, 4) is 0 Å². The molecular weight excluding hydrogens is 352 g/mol. The second-order valence-corrected chi connectivity index (χ2v) is 6.54. The maximum absolute atomic E-state index is 13.6. The van der Waals surface area contributed by atoms with Gasteiger partial charge in [0.2, 0.25) is 0 Å². The van der Waals surface area contributed by atoms with Crippen LogP contribution in [-0.4, -0.2) is 21.0 Å².